The average molecular weight is 313 g/mol. The van der Waals surface area contributed by atoms with E-state index in [1.807, 2.05) is 17.5 Å². The molecule has 124 valence electrons. The number of anilines is 1. The van der Waals surface area contributed by atoms with Gasteiger partial charge in [-0.1, -0.05) is 19.4 Å². The van der Waals surface area contributed by atoms with E-state index in [9.17, 15) is 0 Å². The molecule has 0 aliphatic heterocycles. The molecule has 0 saturated heterocycles. The van der Waals surface area contributed by atoms with E-state index in [-0.39, 0.29) is 5.92 Å². The minimum Gasteiger partial charge on any atom is -0.497 e. The maximum absolute atomic E-state index is 6.15. The number of nitrogens with two attached hydrogens (primary N) is 1. The highest BCUT2D eigenvalue weighted by atomic mass is 16.5. The van der Waals surface area contributed by atoms with Crippen LogP contribution in [0.2, 0.25) is 0 Å². The van der Waals surface area contributed by atoms with Gasteiger partial charge in [-0.15, -0.1) is 0 Å². The number of aromatic nitrogens is 2. The summed E-state index contributed by atoms with van der Waals surface area (Å²) in [6.07, 6.45) is 5.14. The van der Waals surface area contributed by atoms with E-state index >= 15 is 0 Å². The summed E-state index contributed by atoms with van der Waals surface area (Å²) in [6, 6.07) is 4.03. The van der Waals surface area contributed by atoms with Gasteiger partial charge in [0, 0.05) is 5.92 Å². The van der Waals surface area contributed by atoms with E-state index in [2.05, 4.69) is 51.0 Å². The van der Waals surface area contributed by atoms with Crippen LogP contribution in [0.15, 0.2) is 35.6 Å². The van der Waals surface area contributed by atoms with Gasteiger partial charge < -0.3 is 10.5 Å². The third-order valence-corrected chi connectivity index (χ3v) is 4.24. The third kappa shape index (κ3) is 3.41. The molecule has 0 fully saturated rings. The number of nitrogen functional groups attached to an aromatic ring is 1. The Morgan fingerprint density at radius 2 is 2.09 bits per heavy atom. The number of ether oxygens (including phenoxy) is 1. The second-order valence-electron chi connectivity index (χ2n) is 6.08. The molecule has 0 aliphatic carbocycles. The fourth-order valence-corrected chi connectivity index (χ4v) is 2.93. The van der Waals surface area contributed by atoms with Gasteiger partial charge in [0.1, 0.15) is 5.76 Å². The summed E-state index contributed by atoms with van der Waals surface area (Å²) in [6.45, 7) is 10.5. The zero-order valence-electron chi connectivity index (χ0n) is 15.0. The van der Waals surface area contributed by atoms with Crippen molar-refractivity contribution in [1.82, 2.24) is 9.61 Å². The number of hydrogen-bond acceptors (Lipinski definition) is 3. The first-order valence-electron chi connectivity index (χ1n) is 8.06. The van der Waals surface area contributed by atoms with Gasteiger partial charge in [-0.3, -0.25) is 0 Å². The van der Waals surface area contributed by atoms with Crippen LogP contribution in [-0.4, -0.2) is 16.7 Å². The Morgan fingerprint density at radius 1 is 1.39 bits per heavy atom. The zero-order valence-corrected chi connectivity index (χ0v) is 15.0. The smallest absolute Gasteiger partial charge is 0.114 e. The van der Waals surface area contributed by atoms with Gasteiger partial charge in [0.25, 0.3) is 0 Å². The molecule has 0 aliphatic rings. The van der Waals surface area contributed by atoms with Crippen LogP contribution in [0.4, 0.5) is 5.69 Å². The summed E-state index contributed by atoms with van der Waals surface area (Å²) in [5, 5.41) is 4.66. The lowest BCUT2D eigenvalue weighted by Crippen LogP contribution is -2.07. The molecule has 0 amide bonds. The van der Waals surface area contributed by atoms with Crippen molar-refractivity contribution in [2.24, 2.45) is 0 Å². The van der Waals surface area contributed by atoms with Crippen molar-refractivity contribution < 1.29 is 4.74 Å². The molecule has 0 radical (unpaired) electrons. The Balaban J connectivity index is 2.53. The minimum atomic E-state index is 0.224. The minimum absolute atomic E-state index is 0.224. The lowest BCUT2D eigenvalue weighted by Gasteiger charge is -2.15. The standard InChI is InChI=1S/C19H27N3O/c1-7-8-16(23-6)9-12(2)15(5)19-13(3)10-18-17(20)11-14(4)21-22(18)19/h8-11,15H,7,20H2,1-6H3/b12-9-,16-8+. The number of methoxy groups -OCH3 is 1. The molecule has 2 heterocycles. The summed E-state index contributed by atoms with van der Waals surface area (Å²) in [7, 11) is 1.71. The summed E-state index contributed by atoms with van der Waals surface area (Å²) < 4.78 is 7.41. The Morgan fingerprint density at radius 3 is 2.70 bits per heavy atom. The summed E-state index contributed by atoms with van der Waals surface area (Å²) in [5.74, 6) is 1.13. The molecule has 1 atom stereocenters. The fourth-order valence-electron chi connectivity index (χ4n) is 2.93. The normalized spacial score (nSPS) is 14.3. The van der Waals surface area contributed by atoms with Crippen molar-refractivity contribution in [1.29, 1.82) is 0 Å². The molecular weight excluding hydrogens is 286 g/mol. The second kappa shape index (κ2) is 6.90. The van der Waals surface area contributed by atoms with E-state index in [0.29, 0.717) is 0 Å². The topological polar surface area (TPSA) is 52.5 Å². The average Bonchev–Trinajstić information content (AvgIpc) is 2.82. The molecule has 0 saturated carbocycles. The number of hydrogen-bond donors (Lipinski definition) is 1. The van der Waals surface area contributed by atoms with Crippen molar-refractivity contribution in [2.75, 3.05) is 12.8 Å². The lowest BCUT2D eigenvalue weighted by atomic mass is 9.96. The van der Waals surface area contributed by atoms with Gasteiger partial charge in [0.15, 0.2) is 0 Å². The third-order valence-electron chi connectivity index (χ3n) is 4.24. The zero-order chi connectivity index (χ0) is 17.1. The highest BCUT2D eigenvalue weighted by Gasteiger charge is 2.18. The molecule has 2 rings (SSSR count). The lowest BCUT2D eigenvalue weighted by molar-refractivity contribution is 0.304. The highest BCUT2D eigenvalue weighted by Crippen LogP contribution is 2.31. The highest BCUT2D eigenvalue weighted by molar-refractivity contribution is 5.71. The van der Waals surface area contributed by atoms with E-state index < -0.39 is 0 Å². The molecule has 4 heteroatoms. The van der Waals surface area contributed by atoms with Gasteiger partial charge in [-0.2, -0.15) is 5.10 Å². The summed E-state index contributed by atoms with van der Waals surface area (Å²) >= 11 is 0. The van der Waals surface area contributed by atoms with E-state index in [1.165, 1.54) is 16.8 Å². The van der Waals surface area contributed by atoms with E-state index in [0.717, 1.165) is 29.1 Å². The predicted octanol–water partition coefficient (Wildman–Crippen LogP) is 4.52. The number of nitrogens with zero attached hydrogens (tertiary/aromatic N) is 2. The van der Waals surface area contributed by atoms with Crippen molar-refractivity contribution in [3.63, 3.8) is 0 Å². The molecule has 0 spiro atoms. The van der Waals surface area contributed by atoms with Crippen molar-refractivity contribution in [3.05, 3.63) is 52.6 Å². The maximum Gasteiger partial charge on any atom is 0.114 e. The van der Waals surface area contributed by atoms with Crippen LogP contribution in [0.1, 0.15) is 50.1 Å². The van der Waals surface area contributed by atoms with Gasteiger partial charge >= 0.3 is 0 Å². The van der Waals surface area contributed by atoms with Crippen LogP contribution < -0.4 is 5.73 Å². The molecule has 1 unspecified atom stereocenters. The summed E-state index contributed by atoms with van der Waals surface area (Å²) in [4.78, 5) is 0. The van der Waals surface area contributed by atoms with Gasteiger partial charge in [-0.25, -0.2) is 4.52 Å². The van der Waals surface area contributed by atoms with Crippen molar-refractivity contribution in [2.45, 2.75) is 47.0 Å². The Labute approximate surface area is 138 Å². The first-order chi connectivity index (χ1) is 10.9. The first kappa shape index (κ1) is 17.1. The van der Waals surface area contributed by atoms with Crippen LogP contribution in [0, 0.1) is 13.8 Å². The maximum atomic E-state index is 6.15. The van der Waals surface area contributed by atoms with Crippen LogP contribution in [0.5, 0.6) is 0 Å². The first-order valence-corrected chi connectivity index (χ1v) is 8.06. The number of allylic oxidation sites excluding steroid dienone is 3. The predicted molar refractivity (Wildman–Crippen MR) is 96.6 cm³/mol. The van der Waals surface area contributed by atoms with Crippen LogP contribution >= 0.6 is 0 Å². The summed E-state index contributed by atoms with van der Waals surface area (Å²) in [5.41, 5.74) is 12.4. The van der Waals surface area contributed by atoms with Crippen molar-refractivity contribution in [3.8, 4) is 0 Å². The molecular formula is C19H27N3O. The van der Waals surface area contributed by atoms with E-state index in [4.69, 9.17) is 10.5 Å². The van der Waals surface area contributed by atoms with Crippen LogP contribution in [0.3, 0.4) is 0 Å². The Hall–Kier alpha value is -2.23. The Kier molecular flexibility index (Phi) is 5.14. The molecule has 4 nitrogen and oxygen atoms in total. The molecule has 2 aromatic heterocycles. The quantitative estimate of drug-likeness (QED) is 0.652. The Bertz CT molecular complexity index is 769. The molecule has 2 N–H and O–H groups in total. The van der Waals surface area contributed by atoms with Crippen molar-refractivity contribution >= 4 is 11.2 Å². The fraction of sp³-hybridized carbons (Fsp3) is 0.421. The van der Waals surface area contributed by atoms with Crippen LogP contribution in [0.25, 0.3) is 5.52 Å². The molecule has 0 aromatic carbocycles. The van der Waals surface area contributed by atoms with E-state index in [1.54, 1.807) is 7.11 Å². The SMILES string of the molecule is CC/C=C(\C=C(\C)C(C)c1c(C)cc2c(N)cc(C)nn12)OC. The molecule has 23 heavy (non-hydrogen) atoms. The number of aryl methyl sites for hydroxylation is 2. The number of fused-ring (bicyclic) bond motifs is 1. The molecule has 0 bridgehead atoms. The number of rotatable bonds is 5. The van der Waals surface area contributed by atoms with Crippen LogP contribution in [-0.2, 0) is 4.74 Å². The second-order valence-corrected chi connectivity index (χ2v) is 6.08. The largest absolute Gasteiger partial charge is 0.497 e. The monoisotopic (exact) mass is 313 g/mol. The van der Waals surface area contributed by atoms with Gasteiger partial charge in [0.05, 0.1) is 29.7 Å². The van der Waals surface area contributed by atoms with Gasteiger partial charge in [0.2, 0.25) is 0 Å². The van der Waals surface area contributed by atoms with Gasteiger partial charge in [-0.05, 0) is 57.0 Å². The molecule has 2 aromatic rings.